The SMILES string of the molecule is CC(C)c1cc(CN2CCCn3nc(C(O)c4ccnn4C)cc3C2)on1. The number of hydrogen-bond donors (Lipinski definition) is 1. The Balaban J connectivity index is 1.50. The molecule has 0 fully saturated rings. The molecule has 0 spiro atoms. The van der Waals surface area contributed by atoms with Gasteiger partial charge in [0.25, 0.3) is 0 Å². The van der Waals surface area contributed by atoms with Gasteiger partial charge in [0, 0.05) is 38.9 Å². The molecule has 0 saturated heterocycles. The van der Waals surface area contributed by atoms with Gasteiger partial charge in [-0.2, -0.15) is 10.2 Å². The predicted molar refractivity (Wildman–Crippen MR) is 98.8 cm³/mol. The molecule has 3 aromatic heterocycles. The summed E-state index contributed by atoms with van der Waals surface area (Å²) < 4.78 is 9.19. The Morgan fingerprint density at radius 3 is 2.78 bits per heavy atom. The highest BCUT2D eigenvalue weighted by Crippen LogP contribution is 2.24. The lowest BCUT2D eigenvalue weighted by Crippen LogP contribution is -2.22. The highest BCUT2D eigenvalue weighted by atomic mass is 16.5. The van der Waals surface area contributed by atoms with E-state index in [1.54, 1.807) is 10.9 Å². The fourth-order valence-corrected chi connectivity index (χ4v) is 3.52. The first-order valence-electron chi connectivity index (χ1n) is 9.41. The number of aliphatic hydroxyl groups is 1. The molecule has 8 heteroatoms. The van der Waals surface area contributed by atoms with Crippen LogP contribution in [0.4, 0.5) is 0 Å². The Bertz CT molecular complexity index is 909. The molecule has 27 heavy (non-hydrogen) atoms. The molecular formula is C19H26N6O2. The van der Waals surface area contributed by atoms with E-state index in [9.17, 15) is 5.11 Å². The highest BCUT2D eigenvalue weighted by Gasteiger charge is 2.23. The number of nitrogens with zero attached hydrogens (tertiary/aromatic N) is 6. The quantitative estimate of drug-likeness (QED) is 0.741. The molecule has 1 N–H and O–H groups in total. The third kappa shape index (κ3) is 3.68. The van der Waals surface area contributed by atoms with Gasteiger partial charge in [-0.15, -0.1) is 0 Å². The first-order chi connectivity index (χ1) is 13.0. The van der Waals surface area contributed by atoms with Gasteiger partial charge in [0.1, 0.15) is 6.10 Å². The Labute approximate surface area is 158 Å². The summed E-state index contributed by atoms with van der Waals surface area (Å²) in [6, 6.07) is 5.86. The van der Waals surface area contributed by atoms with Crippen molar-refractivity contribution >= 4 is 0 Å². The number of aromatic nitrogens is 5. The average molecular weight is 370 g/mol. The van der Waals surface area contributed by atoms with Crippen molar-refractivity contribution in [2.75, 3.05) is 6.54 Å². The molecule has 0 aromatic carbocycles. The van der Waals surface area contributed by atoms with E-state index in [1.165, 1.54) is 0 Å². The van der Waals surface area contributed by atoms with E-state index >= 15 is 0 Å². The van der Waals surface area contributed by atoms with E-state index in [-0.39, 0.29) is 0 Å². The average Bonchev–Trinajstić information content (AvgIpc) is 3.33. The maximum atomic E-state index is 10.7. The summed E-state index contributed by atoms with van der Waals surface area (Å²) >= 11 is 0. The fraction of sp³-hybridized carbons (Fsp3) is 0.526. The van der Waals surface area contributed by atoms with E-state index in [2.05, 4.69) is 34.1 Å². The van der Waals surface area contributed by atoms with Crippen LogP contribution in [-0.4, -0.2) is 41.3 Å². The van der Waals surface area contributed by atoms with Gasteiger partial charge in [-0.05, 0) is 24.5 Å². The largest absolute Gasteiger partial charge is 0.380 e. The van der Waals surface area contributed by atoms with Crippen molar-refractivity contribution in [2.45, 2.75) is 51.9 Å². The molecule has 4 heterocycles. The minimum absolute atomic E-state index is 0.365. The van der Waals surface area contributed by atoms with Crippen LogP contribution in [0.1, 0.15) is 60.8 Å². The van der Waals surface area contributed by atoms with Gasteiger partial charge in [-0.1, -0.05) is 19.0 Å². The maximum absolute atomic E-state index is 10.7. The monoisotopic (exact) mass is 370 g/mol. The minimum atomic E-state index is -0.770. The van der Waals surface area contributed by atoms with Crippen molar-refractivity contribution in [3.8, 4) is 0 Å². The van der Waals surface area contributed by atoms with Crippen molar-refractivity contribution in [3.63, 3.8) is 0 Å². The molecule has 0 aliphatic carbocycles. The van der Waals surface area contributed by atoms with Crippen LogP contribution >= 0.6 is 0 Å². The molecule has 1 aliphatic rings. The van der Waals surface area contributed by atoms with Crippen molar-refractivity contribution in [3.05, 3.63) is 52.9 Å². The number of aliphatic hydroxyl groups excluding tert-OH is 1. The van der Waals surface area contributed by atoms with Crippen LogP contribution in [0.3, 0.4) is 0 Å². The Kier molecular flexibility index (Phi) is 4.84. The molecule has 1 atom stereocenters. The zero-order valence-electron chi connectivity index (χ0n) is 16.0. The van der Waals surface area contributed by atoms with Crippen LogP contribution in [0.15, 0.2) is 28.9 Å². The second-order valence-electron chi connectivity index (χ2n) is 7.50. The summed E-state index contributed by atoms with van der Waals surface area (Å²) in [5.41, 5.74) is 3.50. The Morgan fingerprint density at radius 1 is 1.22 bits per heavy atom. The molecule has 4 rings (SSSR count). The lowest BCUT2D eigenvalue weighted by molar-refractivity contribution is 0.203. The summed E-state index contributed by atoms with van der Waals surface area (Å²) in [5, 5.41) is 23.6. The molecule has 0 amide bonds. The second-order valence-corrected chi connectivity index (χ2v) is 7.50. The summed E-state index contributed by atoms with van der Waals surface area (Å²) in [6.07, 6.45) is 1.92. The summed E-state index contributed by atoms with van der Waals surface area (Å²) in [5.74, 6) is 1.26. The topological polar surface area (TPSA) is 85.1 Å². The maximum Gasteiger partial charge on any atom is 0.150 e. The van der Waals surface area contributed by atoms with E-state index < -0.39 is 6.10 Å². The Hall–Kier alpha value is -2.45. The summed E-state index contributed by atoms with van der Waals surface area (Å²) in [7, 11) is 1.82. The van der Waals surface area contributed by atoms with Gasteiger partial charge in [0.15, 0.2) is 5.76 Å². The Morgan fingerprint density at radius 2 is 2.07 bits per heavy atom. The first-order valence-corrected chi connectivity index (χ1v) is 9.41. The van der Waals surface area contributed by atoms with E-state index in [1.807, 2.05) is 29.9 Å². The van der Waals surface area contributed by atoms with Crippen molar-refractivity contribution in [1.29, 1.82) is 0 Å². The standard InChI is InChI=1S/C19H26N6O2/c1-13(2)16-10-15(27-22-16)12-24-7-4-8-25-14(11-24)9-17(21-25)19(26)18-5-6-20-23(18)3/h5-6,9-10,13,19,26H,4,7-8,11-12H2,1-3H3. The summed E-state index contributed by atoms with van der Waals surface area (Å²) in [6.45, 7) is 7.54. The van der Waals surface area contributed by atoms with Crippen LogP contribution < -0.4 is 0 Å². The number of hydrogen-bond acceptors (Lipinski definition) is 6. The first kappa shape index (κ1) is 17.9. The molecular weight excluding hydrogens is 344 g/mol. The summed E-state index contributed by atoms with van der Waals surface area (Å²) in [4.78, 5) is 2.34. The molecule has 144 valence electrons. The third-order valence-corrected chi connectivity index (χ3v) is 5.08. The van der Waals surface area contributed by atoms with Crippen LogP contribution in [0.5, 0.6) is 0 Å². The zero-order valence-corrected chi connectivity index (χ0v) is 16.0. The van der Waals surface area contributed by atoms with Gasteiger partial charge < -0.3 is 9.63 Å². The molecule has 3 aromatic rings. The number of fused-ring (bicyclic) bond motifs is 1. The number of aryl methyl sites for hydroxylation is 2. The van der Waals surface area contributed by atoms with Gasteiger partial charge in [-0.3, -0.25) is 14.3 Å². The van der Waals surface area contributed by atoms with Crippen LogP contribution in [0.25, 0.3) is 0 Å². The molecule has 0 radical (unpaired) electrons. The molecule has 1 unspecified atom stereocenters. The van der Waals surface area contributed by atoms with Crippen molar-refractivity contribution in [2.24, 2.45) is 7.05 Å². The highest BCUT2D eigenvalue weighted by molar-refractivity contribution is 5.22. The van der Waals surface area contributed by atoms with Gasteiger partial charge in [0.05, 0.1) is 29.3 Å². The molecule has 0 bridgehead atoms. The molecule has 0 saturated carbocycles. The minimum Gasteiger partial charge on any atom is -0.380 e. The smallest absolute Gasteiger partial charge is 0.150 e. The van der Waals surface area contributed by atoms with Crippen molar-refractivity contribution in [1.82, 2.24) is 29.6 Å². The normalized spacial score (nSPS) is 16.5. The second kappa shape index (κ2) is 7.28. The van der Waals surface area contributed by atoms with Gasteiger partial charge in [0.2, 0.25) is 0 Å². The zero-order chi connectivity index (χ0) is 19.0. The molecule has 8 nitrogen and oxygen atoms in total. The van der Waals surface area contributed by atoms with E-state index in [4.69, 9.17) is 4.52 Å². The van der Waals surface area contributed by atoms with Crippen LogP contribution in [0.2, 0.25) is 0 Å². The van der Waals surface area contributed by atoms with Gasteiger partial charge >= 0.3 is 0 Å². The lowest BCUT2D eigenvalue weighted by atomic mass is 10.1. The van der Waals surface area contributed by atoms with Crippen LogP contribution in [0, 0.1) is 0 Å². The van der Waals surface area contributed by atoms with Crippen LogP contribution in [-0.2, 0) is 26.7 Å². The van der Waals surface area contributed by atoms with Crippen molar-refractivity contribution < 1.29 is 9.63 Å². The van der Waals surface area contributed by atoms with Gasteiger partial charge in [-0.25, -0.2) is 0 Å². The fourth-order valence-electron chi connectivity index (χ4n) is 3.52. The number of rotatable bonds is 5. The van der Waals surface area contributed by atoms with E-state index in [0.29, 0.717) is 11.6 Å². The predicted octanol–water partition coefficient (Wildman–Crippen LogP) is 2.22. The molecule has 1 aliphatic heterocycles. The third-order valence-electron chi connectivity index (χ3n) is 5.08. The lowest BCUT2D eigenvalue weighted by Gasteiger charge is -2.17. The van der Waals surface area contributed by atoms with E-state index in [0.717, 1.165) is 55.4 Å².